The number of ether oxygens (including phenoxy) is 1. The molecule has 0 fully saturated rings. The number of hydrogen-bond donors (Lipinski definition) is 3. The molecule has 0 aliphatic carbocycles. The molecule has 0 aromatic heterocycles. The van der Waals surface area contributed by atoms with Crippen LogP contribution in [0.3, 0.4) is 0 Å². The number of amides is 2. The Hall–Kier alpha value is -3.23. The first kappa shape index (κ1) is 23.4. The minimum Gasteiger partial charge on any atom is -0.496 e. The van der Waals surface area contributed by atoms with Gasteiger partial charge < -0.3 is 15.4 Å². The quantitative estimate of drug-likeness (QED) is 0.382. The van der Waals surface area contributed by atoms with Crippen molar-refractivity contribution in [3.8, 4) is 5.75 Å². The molecule has 32 heavy (non-hydrogen) atoms. The van der Waals surface area contributed by atoms with E-state index >= 15 is 0 Å². The Morgan fingerprint density at radius 3 is 2.34 bits per heavy atom. The van der Waals surface area contributed by atoms with E-state index in [0.717, 1.165) is 5.56 Å². The van der Waals surface area contributed by atoms with Crippen LogP contribution in [-0.2, 0) is 11.2 Å². The van der Waals surface area contributed by atoms with Gasteiger partial charge in [-0.25, -0.2) is 0 Å². The Labute approximate surface area is 200 Å². The van der Waals surface area contributed by atoms with Crippen molar-refractivity contribution in [2.24, 2.45) is 0 Å². The van der Waals surface area contributed by atoms with E-state index in [1.165, 1.54) is 0 Å². The topological polar surface area (TPSA) is 79.5 Å². The molecule has 0 atom stereocenters. The van der Waals surface area contributed by atoms with Crippen molar-refractivity contribution in [2.45, 2.75) is 12.8 Å². The molecular formula is C24H22BrN3O3S. The monoisotopic (exact) mass is 511 g/mol. The minimum atomic E-state index is -0.351. The largest absolute Gasteiger partial charge is 0.496 e. The van der Waals surface area contributed by atoms with E-state index in [1.807, 2.05) is 30.3 Å². The molecule has 3 rings (SSSR count). The summed E-state index contributed by atoms with van der Waals surface area (Å²) in [4.78, 5) is 24.7. The van der Waals surface area contributed by atoms with Gasteiger partial charge in [-0.1, -0.05) is 36.4 Å². The first-order valence-corrected chi connectivity index (χ1v) is 11.0. The zero-order valence-corrected chi connectivity index (χ0v) is 19.8. The van der Waals surface area contributed by atoms with E-state index in [0.29, 0.717) is 40.0 Å². The summed E-state index contributed by atoms with van der Waals surface area (Å²) < 4.78 is 5.84. The highest BCUT2D eigenvalue weighted by Crippen LogP contribution is 2.25. The van der Waals surface area contributed by atoms with Crippen LogP contribution in [0.5, 0.6) is 5.75 Å². The first-order chi connectivity index (χ1) is 15.4. The smallest absolute Gasteiger partial charge is 0.257 e. The maximum absolute atomic E-state index is 12.4. The van der Waals surface area contributed by atoms with Crippen LogP contribution in [0, 0.1) is 0 Å². The molecule has 0 saturated carbocycles. The molecule has 6 nitrogen and oxygen atoms in total. The Balaban J connectivity index is 1.53. The number of benzene rings is 3. The van der Waals surface area contributed by atoms with Gasteiger partial charge in [0.25, 0.3) is 5.91 Å². The molecule has 2 amide bonds. The third-order valence-corrected chi connectivity index (χ3v) is 5.35. The first-order valence-electron chi connectivity index (χ1n) is 9.84. The van der Waals surface area contributed by atoms with E-state index in [1.54, 1.807) is 49.6 Å². The molecule has 8 heteroatoms. The van der Waals surface area contributed by atoms with E-state index in [9.17, 15) is 9.59 Å². The third-order valence-electron chi connectivity index (χ3n) is 4.53. The third kappa shape index (κ3) is 6.90. The zero-order valence-electron chi connectivity index (χ0n) is 17.4. The molecule has 0 saturated heterocycles. The van der Waals surface area contributed by atoms with Gasteiger partial charge in [0, 0.05) is 23.4 Å². The van der Waals surface area contributed by atoms with Crippen LogP contribution in [0.4, 0.5) is 11.4 Å². The van der Waals surface area contributed by atoms with E-state index in [2.05, 4.69) is 31.9 Å². The second kappa shape index (κ2) is 11.4. The summed E-state index contributed by atoms with van der Waals surface area (Å²) in [6, 6.07) is 22.0. The van der Waals surface area contributed by atoms with Crippen LogP contribution in [0.15, 0.2) is 77.3 Å². The normalized spacial score (nSPS) is 10.2. The lowest BCUT2D eigenvalue weighted by Gasteiger charge is -2.12. The molecule has 3 N–H and O–H groups in total. The second-order valence-electron chi connectivity index (χ2n) is 6.87. The van der Waals surface area contributed by atoms with Crippen LogP contribution >= 0.6 is 28.1 Å². The summed E-state index contributed by atoms with van der Waals surface area (Å²) in [7, 11) is 1.55. The highest BCUT2D eigenvalue weighted by molar-refractivity contribution is 9.10. The highest BCUT2D eigenvalue weighted by atomic mass is 79.9. The van der Waals surface area contributed by atoms with Gasteiger partial charge in [0.05, 0.1) is 11.6 Å². The molecule has 0 aliphatic heterocycles. The van der Waals surface area contributed by atoms with Crippen molar-refractivity contribution in [2.75, 3.05) is 17.7 Å². The van der Waals surface area contributed by atoms with Crippen molar-refractivity contribution in [3.63, 3.8) is 0 Å². The highest BCUT2D eigenvalue weighted by Gasteiger charge is 2.11. The van der Waals surface area contributed by atoms with Gasteiger partial charge in [0.1, 0.15) is 5.75 Å². The fourth-order valence-electron chi connectivity index (χ4n) is 2.95. The van der Waals surface area contributed by atoms with Gasteiger partial charge in [-0.15, -0.1) is 0 Å². The fraction of sp³-hybridized carbons (Fsp3) is 0.125. The second-order valence-corrected chi connectivity index (χ2v) is 8.13. The van der Waals surface area contributed by atoms with Gasteiger partial charge in [-0.3, -0.25) is 14.9 Å². The van der Waals surface area contributed by atoms with Crippen LogP contribution in [0.1, 0.15) is 22.3 Å². The lowest BCUT2D eigenvalue weighted by molar-refractivity contribution is -0.116. The molecule has 164 valence electrons. The van der Waals surface area contributed by atoms with Gasteiger partial charge in [0.15, 0.2) is 5.11 Å². The van der Waals surface area contributed by atoms with Gasteiger partial charge in [0.2, 0.25) is 5.91 Å². The average molecular weight is 512 g/mol. The van der Waals surface area contributed by atoms with Crippen molar-refractivity contribution < 1.29 is 14.3 Å². The summed E-state index contributed by atoms with van der Waals surface area (Å²) in [5.74, 6) is 0.202. The molecule has 0 unspecified atom stereocenters. The van der Waals surface area contributed by atoms with Crippen molar-refractivity contribution in [3.05, 3.63) is 88.4 Å². The molecule has 0 spiro atoms. The molecule has 0 aliphatic rings. The standard InChI is InChI=1S/C24H22BrN3O3S/c1-31-21-12-11-17(14-20(21)25)23(30)28-24(32)27-19-9-5-8-18(15-19)26-22(29)13-10-16-6-3-2-4-7-16/h2-9,11-12,14-15H,10,13H2,1H3,(H,26,29)(H2,27,28,30,32). The molecular weight excluding hydrogens is 490 g/mol. The number of anilines is 2. The number of carbonyl (C=O) groups is 2. The van der Waals surface area contributed by atoms with E-state index in [-0.39, 0.29) is 16.9 Å². The van der Waals surface area contributed by atoms with Crippen LogP contribution < -0.4 is 20.7 Å². The van der Waals surface area contributed by atoms with E-state index < -0.39 is 0 Å². The molecule has 3 aromatic rings. The molecule has 0 heterocycles. The van der Waals surface area contributed by atoms with Gasteiger partial charge in [-0.05, 0) is 76.5 Å². The molecule has 0 bridgehead atoms. The predicted octanol–water partition coefficient (Wildman–Crippen LogP) is 5.16. The summed E-state index contributed by atoms with van der Waals surface area (Å²) in [6.07, 6.45) is 1.05. The molecule has 0 radical (unpaired) electrons. The predicted molar refractivity (Wildman–Crippen MR) is 134 cm³/mol. The van der Waals surface area contributed by atoms with Crippen LogP contribution in [0.2, 0.25) is 0 Å². The molecule has 3 aromatic carbocycles. The summed E-state index contributed by atoms with van der Waals surface area (Å²) in [5, 5.41) is 8.63. The fourth-order valence-corrected chi connectivity index (χ4v) is 3.70. The lowest BCUT2D eigenvalue weighted by atomic mass is 10.1. The van der Waals surface area contributed by atoms with Gasteiger partial charge >= 0.3 is 0 Å². The minimum absolute atomic E-state index is 0.0769. The maximum atomic E-state index is 12.4. The van der Waals surface area contributed by atoms with Crippen LogP contribution in [-0.4, -0.2) is 24.0 Å². The van der Waals surface area contributed by atoms with Crippen molar-refractivity contribution >= 4 is 56.4 Å². The summed E-state index contributed by atoms with van der Waals surface area (Å²) in [6.45, 7) is 0. The Kier molecular flexibility index (Phi) is 8.35. The van der Waals surface area contributed by atoms with Crippen LogP contribution in [0.25, 0.3) is 0 Å². The average Bonchev–Trinajstić information content (AvgIpc) is 2.78. The number of nitrogens with one attached hydrogen (secondary N) is 3. The Morgan fingerprint density at radius 2 is 1.66 bits per heavy atom. The van der Waals surface area contributed by atoms with Crippen molar-refractivity contribution in [1.82, 2.24) is 5.32 Å². The zero-order chi connectivity index (χ0) is 22.9. The number of aryl methyl sites for hydroxylation is 1. The SMILES string of the molecule is COc1ccc(C(=O)NC(=S)Nc2cccc(NC(=O)CCc3ccccc3)c2)cc1Br. The number of halogens is 1. The number of methoxy groups -OCH3 is 1. The Morgan fingerprint density at radius 1 is 0.938 bits per heavy atom. The van der Waals surface area contributed by atoms with Gasteiger partial charge in [-0.2, -0.15) is 0 Å². The number of hydrogen-bond acceptors (Lipinski definition) is 4. The number of rotatable bonds is 7. The number of carbonyl (C=O) groups excluding carboxylic acids is 2. The van der Waals surface area contributed by atoms with E-state index in [4.69, 9.17) is 17.0 Å². The lowest BCUT2D eigenvalue weighted by Crippen LogP contribution is -2.34. The Bertz CT molecular complexity index is 1120. The summed E-state index contributed by atoms with van der Waals surface area (Å²) in [5.41, 5.74) is 2.83. The van der Waals surface area contributed by atoms with Crippen molar-refractivity contribution in [1.29, 1.82) is 0 Å². The number of thiocarbonyl (C=S) groups is 1. The maximum Gasteiger partial charge on any atom is 0.257 e. The summed E-state index contributed by atoms with van der Waals surface area (Å²) >= 11 is 8.61.